The van der Waals surface area contributed by atoms with E-state index < -0.39 is 0 Å². The number of nitrogens with zero attached hydrogens (tertiary/aromatic N) is 1. The molecule has 3 nitrogen and oxygen atoms in total. The maximum Gasteiger partial charge on any atom is 0.0485 e. The summed E-state index contributed by atoms with van der Waals surface area (Å²) in [6.07, 6.45) is 2.25. The van der Waals surface area contributed by atoms with E-state index in [2.05, 4.69) is 56.2 Å². The van der Waals surface area contributed by atoms with E-state index in [1.54, 1.807) is 0 Å². The van der Waals surface area contributed by atoms with Gasteiger partial charge in [0.15, 0.2) is 0 Å². The van der Waals surface area contributed by atoms with Gasteiger partial charge in [-0.15, -0.1) is 0 Å². The molecule has 1 fully saturated rings. The zero-order valence-electron chi connectivity index (χ0n) is 13.3. The molecule has 0 bridgehead atoms. The minimum atomic E-state index is 0.511. The number of rotatable bonds is 5. The van der Waals surface area contributed by atoms with Gasteiger partial charge in [-0.05, 0) is 31.4 Å². The minimum Gasteiger partial charge on any atom is -0.381 e. The second-order valence-corrected chi connectivity index (χ2v) is 6.12. The SMILES string of the molecule is Cc1ccc(N(C)C2CCOCC2)c(CNC(C)C)c1. The minimum absolute atomic E-state index is 0.511. The van der Waals surface area contributed by atoms with Crippen LogP contribution in [0.1, 0.15) is 37.8 Å². The fourth-order valence-corrected chi connectivity index (χ4v) is 2.78. The van der Waals surface area contributed by atoms with Crippen LogP contribution < -0.4 is 10.2 Å². The van der Waals surface area contributed by atoms with Crippen LogP contribution in [0.2, 0.25) is 0 Å². The first-order valence-electron chi connectivity index (χ1n) is 7.71. The van der Waals surface area contributed by atoms with Crippen molar-refractivity contribution in [2.45, 2.75) is 52.2 Å². The van der Waals surface area contributed by atoms with Gasteiger partial charge in [0.1, 0.15) is 0 Å². The highest BCUT2D eigenvalue weighted by Crippen LogP contribution is 2.26. The van der Waals surface area contributed by atoms with Gasteiger partial charge < -0.3 is 15.0 Å². The molecule has 0 unspecified atom stereocenters. The molecule has 1 N–H and O–H groups in total. The third-order valence-electron chi connectivity index (χ3n) is 4.05. The first-order valence-corrected chi connectivity index (χ1v) is 7.71. The Morgan fingerprint density at radius 1 is 1.30 bits per heavy atom. The highest BCUT2D eigenvalue weighted by atomic mass is 16.5. The summed E-state index contributed by atoms with van der Waals surface area (Å²) in [7, 11) is 2.22. The molecule has 1 aromatic rings. The van der Waals surface area contributed by atoms with Gasteiger partial charge in [0.25, 0.3) is 0 Å². The fraction of sp³-hybridized carbons (Fsp3) is 0.647. The van der Waals surface area contributed by atoms with Crippen LogP contribution in [-0.2, 0) is 11.3 Å². The highest BCUT2D eigenvalue weighted by molar-refractivity contribution is 5.55. The molecule has 0 saturated carbocycles. The number of benzene rings is 1. The largest absolute Gasteiger partial charge is 0.381 e. The Labute approximate surface area is 123 Å². The topological polar surface area (TPSA) is 24.5 Å². The van der Waals surface area contributed by atoms with Crippen LogP contribution in [0.3, 0.4) is 0 Å². The summed E-state index contributed by atoms with van der Waals surface area (Å²) in [4.78, 5) is 2.44. The molecule has 0 aromatic heterocycles. The van der Waals surface area contributed by atoms with Crippen molar-refractivity contribution in [1.29, 1.82) is 0 Å². The molecular weight excluding hydrogens is 248 g/mol. The molecule has 1 aliphatic rings. The molecule has 1 aliphatic heterocycles. The van der Waals surface area contributed by atoms with Gasteiger partial charge in [-0.3, -0.25) is 0 Å². The second kappa shape index (κ2) is 7.09. The molecule has 3 heteroatoms. The Morgan fingerprint density at radius 3 is 2.65 bits per heavy atom. The highest BCUT2D eigenvalue weighted by Gasteiger charge is 2.20. The van der Waals surface area contributed by atoms with Gasteiger partial charge in [-0.25, -0.2) is 0 Å². The van der Waals surface area contributed by atoms with Crippen LogP contribution in [0.25, 0.3) is 0 Å². The first kappa shape index (κ1) is 15.3. The van der Waals surface area contributed by atoms with Crippen molar-refractivity contribution in [3.05, 3.63) is 29.3 Å². The molecule has 0 aliphatic carbocycles. The third kappa shape index (κ3) is 3.97. The maximum absolute atomic E-state index is 5.48. The van der Waals surface area contributed by atoms with E-state index in [-0.39, 0.29) is 0 Å². The number of nitrogens with one attached hydrogen (secondary N) is 1. The molecule has 1 heterocycles. The van der Waals surface area contributed by atoms with E-state index in [4.69, 9.17) is 4.74 Å². The molecule has 112 valence electrons. The van der Waals surface area contributed by atoms with E-state index >= 15 is 0 Å². The van der Waals surface area contributed by atoms with Crippen molar-refractivity contribution in [2.24, 2.45) is 0 Å². The van der Waals surface area contributed by atoms with Crippen LogP contribution >= 0.6 is 0 Å². The lowest BCUT2D eigenvalue weighted by Crippen LogP contribution is -2.37. The number of hydrogen-bond acceptors (Lipinski definition) is 3. The van der Waals surface area contributed by atoms with E-state index in [0.717, 1.165) is 32.6 Å². The molecule has 0 amide bonds. The normalized spacial score (nSPS) is 16.6. The Balaban J connectivity index is 2.15. The van der Waals surface area contributed by atoms with Gasteiger partial charge in [-0.1, -0.05) is 31.5 Å². The van der Waals surface area contributed by atoms with Crippen LogP contribution in [-0.4, -0.2) is 32.3 Å². The lowest BCUT2D eigenvalue weighted by atomic mass is 10.0. The number of anilines is 1. The molecule has 0 radical (unpaired) electrons. The Hall–Kier alpha value is -1.06. The third-order valence-corrected chi connectivity index (χ3v) is 4.05. The first-order chi connectivity index (χ1) is 9.58. The van der Waals surface area contributed by atoms with Crippen LogP contribution in [0.4, 0.5) is 5.69 Å². The Bertz CT molecular complexity index is 425. The van der Waals surface area contributed by atoms with Gasteiger partial charge >= 0.3 is 0 Å². The standard InChI is InChI=1S/C17H28N2O/c1-13(2)18-12-15-11-14(3)5-6-17(15)19(4)16-7-9-20-10-8-16/h5-6,11,13,16,18H,7-10,12H2,1-4H3. The lowest BCUT2D eigenvalue weighted by molar-refractivity contribution is 0.0854. The summed E-state index contributed by atoms with van der Waals surface area (Å²) in [6, 6.07) is 7.90. The van der Waals surface area contributed by atoms with Crippen molar-refractivity contribution in [3.63, 3.8) is 0 Å². The van der Waals surface area contributed by atoms with Crippen LogP contribution in [0.5, 0.6) is 0 Å². The Morgan fingerprint density at radius 2 is 2.00 bits per heavy atom. The summed E-state index contributed by atoms with van der Waals surface area (Å²) >= 11 is 0. The van der Waals surface area contributed by atoms with Crippen LogP contribution in [0.15, 0.2) is 18.2 Å². The van der Waals surface area contributed by atoms with Gasteiger partial charge in [0, 0.05) is 44.6 Å². The zero-order chi connectivity index (χ0) is 14.5. The number of ether oxygens (including phenoxy) is 1. The lowest BCUT2D eigenvalue weighted by Gasteiger charge is -2.34. The molecule has 1 aromatic carbocycles. The fourth-order valence-electron chi connectivity index (χ4n) is 2.78. The monoisotopic (exact) mass is 276 g/mol. The van der Waals surface area contributed by atoms with Crippen LogP contribution in [0, 0.1) is 6.92 Å². The van der Waals surface area contributed by atoms with E-state index in [1.165, 1.54) is 16.8 Å². The summed E-state index contributed by atoms with van der Waals surface area (Å²) in [6.45, 7) is 9.26. The smallest absolute Gasteiger partial charge is 0.0485 e. The van der Waals surface area contributed by atoms with E-state index in [1.807, 2.05) is 0 Å². The van der Waals surface area contributed by atoms with Crippen molar-refractivity contribution < 1.29 is 4.74 Å². The van der Waals surface area contributed by atoms with Gasteiger partial charge in [0.05, 0.1) is 0 Å². The van der Waals surface area contributed by atoms with Crippen molar-refractivity contribution >= 4 is 5.69 Å². The molecular formula is C17H28N2O. The average molecular weight is 276 g/mol. The number of aryl methyl sites for hydroxylation is 1. The van der Waals surface area contributed by atoms with Crippen molar-refractivity contribution in [3.8, 4) is 0 Å². The summed E-state index contributed by atoms with van der Waals surface area (Å²) in [5, 5.41) is 3.54. The molecule has 0 atom stereocenters. The number of hydrogen-bond donors (Lipinski definition) is 1. The predicted molar refractivity (Wildman–Crippen MR) is 85.4 cm³/mol. The maximum atomic E-state index is 5.48. The average Bonchev–Trinajstić information content (AvgIpc) is 2.45. The molecule has 0 spiro atoms. The van der Waals surface area contributed by atoms with Crippen molar-refractivity contribution in [1.82, 2.24) is 5.32 Å². The van der Waals surface area contributed by atoms with Gasteiger partial charge in [-0.2, -0.15) is 0 Å². The molecule has 1 saturated heterocycles. The molecule has 20 heavy (non-hydrogen) atoms. The Kier molecular flexibility index (Phi) is 5.44. The van der Waals surface area contributed by atoms with Gasteiger partial charge in [0.2, 0.25) is 0 Å². The quantitative estimate of drug-likeness (QED) is 0.894. The van der Waals surface area contributed by atoms with Crippen molar-refractivity contribution in [2.75, 3.05) is 25.2 Å². The predicted octanol–water partition coefficient (Wildman–Crippen LogP) is 3.11. The summed E-state index contributed by atoms with van der Waals surface area (Å²) < 4.78 is 5.48. The van der Waals surface area contributed by atoms with E-state index in [0.29, 0.717) is 12.1 Å². The van der Waals surface area contributed by atoms with E-state index in [9.17, 15) is 0 Å². The summed E-state index contributed by atoms with van der Waals surface area (Å²) in [5.74, 6) is 0. The summed E-state index contributed by atoms with van der Waals surface area (Å²) in [5.41, 5.74) is 4.08. The second-order valence-electron chi connectivity index (χ2n) is 6.12. The molecule has 2 rings (SSSR count). The zero-order valence-corrected chi connectivity index (χ0v) is 13.3.